The van der Waals surface area contributed by atoms with E-state index in [0.717, 1.165) is 47.6 Å². The molecule has 0 saturated heterocycles. The molecule has 0 radical (unpaired) electrons. The Morgan fingerprint density at radius 2 is 1.95 bits per heavy atom. The van der Waals surface area contributed by atoms with E-state index in [2.05, 4.69) is 56.2 Å². The smallest absolute Gasteiger partial charge is 0.243 e. The van der Waals surface area contributed by atoms with Gasteiger partial charge in [0, 0.05) is 42.4 Å². The molecule has 37 heavy (non-hydrogen) atoms. The SMILES string of the molecule is CC(C)c1ccnnc1O[C@@H]1CC[C@H](c2cc(Nc3cccc4c3CN(C)S4(=O)=O)n(C(C)(C)C)n2)C1. The summed E-state index contributed by atoms with van der Waals surface area (Å²) in [5, 5.41) is 16.8. The maximum atomic E-state index is 12.7. The molecule has 1 N–H and O–H groups in total. The van der Waals surface area contributed by atoms with Crippen LogP contribution in [-0.4, -0.2) is 45.9 Å². The van der Waals surface area contributed by atoms with Gasteiger partial charge in [-0.25, -0.2) is 13.1 Å². The zero-order chi connectivity index (χ0) is 26.5. The number of fused-ring (bicyclic) bond motifs is 1. The highest BCUT2D eigenvalue weighted by Gasteiger charge is 2.35. The van der Waals surface area contributed by atoms with Crippen LogP contribution in [0.2, 0.25) is 0 Å². The molecule has 0 bridgehead atoms. The van der Waals surface area contributed by atoms with E-state index in [9.17, 15) is 8.42 Å². The van der Waals surface area contributed by atoms with Gasteiger partial charge >= 0.3 is 0 Å². The maximum Gasteiger partial charge on any atom is 0.243 e. The predicted octanol–water partition coefficient (Wildman–Crippen LogP) is 5.14. The molecule has 1 aromatic carbocycles. The largest absolute Gasteiger partial charge is 0.473 e. The standard InChI is InChI=1S/C27H36N6O3S/c1-17(2)20-12-13-28-30-26(20)36-19-11-10-18(14-19)23-15-25(33(31-23)27(3,4)5)29-22-8-7-9-24-21(22)16-32(6)37(24,34)35/h7-9,12-13,15,17-19,29H,10-11,14,16H2,1-6H3/t18-,19+/m0/s1. The summed E-state index contributed by atoms with van der Waals surface area (Å²) in [5.41, 5.74) is 3.40. The molecular weight excluding hydrogens is 488 g/mol. The molecule has 5 rings (SSSR count). The predicted molar refractivity (Wildman–Crippen MR) is 143 cm³/mol. The summed E-state index contributed by atoms with van der Waals surface area (Å²) in [6, 6.07) is 9.47. The number of benzene rings is 1. The highest BCUT2D eigenvalue weighted by Crippen LogP contribution is 2.40. The number of hydrogen-bond donors (Lipinski definition) is 1. The van der Waals surface area contributed by atoms with E-state index in [0.29, 0.717) is 23.2 Å². The van der Waals surface area contributed by atoms with Crippen molar-refractivity contribution in [2.45, 2.75) is 88.8 Å². The minimum Gasteiger partial charge on any atom is -0.473 e. The lowest BCUT2D eigenvalue weighted by atomic mass is 10.0. The molecule has 1 aliphatic carbocycles. The van der Waals surface area contributed by atoms with Gasteiger partial charge in [0.1, 0.15) is 11.9 Å². The molecule has 2 aromatic heterocycles. The lowest BCUT2D eigenvalue weighted by Gasteiger charge is -2.23. The van der Waals surface area contributed by atoms with Crippen molar-refractivity contribution in [2.75, 3.05) is 12.4 Å². The van der Waals surface area contributed by atoms with Gasteiger partial charge in [0.05, 0.1) is 22.3 Å². The Morgan fingerprint density at radius 3 is 2.68 bits per heavy atom. The second kappa shape index (κ2) is 9.40. The van der Waals surface area contributed by atoms with Crippen LogP contribution in [0.3, 0.4) is 0 Å². The lowest BCUT2D eigenvalue weighted by Crippen LogP contribution is -2.25. The van der Waals surface area contributed by atoms with Gasteiger partial charge in [0.15, 0.2) is 0 Å². The first-order valence-corrected chi connectivity index (χ1v) is 14.3. The van der Waals surface area contributed by atoms with Gasteiger partial charge in [-0.3, -0.25) is 0 Å². The van der Waals surface area contributed by atoms with Crippen molar-refractivity contribution in [1.29, 1.82) is 0 Å². The average Bonchev–Trinajstić information content (AvgIpc) is 3.52. The first-order chi connectivity index (χ1) is 17.4. The van der Waals surface area contributed by atoms with Gasteiger partial charge in [0.25, 0.3) is 0 Å². The van der Waals surface area contributed by atoms with E-state index in [1.807, 2.05) is 16.8 Å². The number of ether oxygens (including phenoxy) is 1. The summed E-state index contributed by atoms with van der Waals surface area (Å²) in [6.45, 7) is 11.0. The van der Waals surface area contributed by atoms with Crippen molar-refractivity contribution in [1.82, 2.24) is 24.3 Å². The quantitative estimate of drug-likeness (QED) is 0.476. The van der Waals surface area contributed by atoms with Gasteiger partial charge in [-0.05, 0) is 64.2 Å². The zero-order valence-electron chi connectivity index (χ0n) is 22.4. The molecule has 2 atom stereocenters. The fourth-order valence-electron chi connectivity index (χ4n) is 5.23. The van der Waals surface area contributed by atoms with Crippen molar-refractivity contribution in [2.24, 2.45) is 0 Å². The summed E-state index contributed by atoms with van der Waals surface area (Å²) in [5.74, 6) is 2.06. The fourth-order valence-corrected chi connectivity index (χ4v) is 6.60. The lowest BCUT2D eigenvalue weighted by molar-refractivity contribution is 0.194. The molecule has 3 aromatic rings. The monoisotopic (exact) mass is 524 g/mol. The Hall–Kier alpha value is -2.98. The van der Waals surface area contributed by atoms with Crippen molar-refractivity contribution in [3.63, 3.8) is 0 Å². The Labute approximate surface area is 219 Å². The first kappa shape index (κ1) is 25.7. The molecule has 9 nitrogen and oxygen atoms in total. The second-order valence-electron chi connectivity index (χ2n) is 11.4. The number of hydrogen-bond acceptors (Lipinski definition) is 7. The molecule has 0 spiro atoms. The fraction of sp³-hybridized carbons (Fsp3) is 0.519. The summed E-state index contributed by atoms with van der Waals surface area (Å²) in [4.78, 5) is 0.364. The number of nitrogens with one attached hydrogen (secondary N) is 1. The maximum absolute atomic E-state index is 12.7. The van der Waals surface area contributed by atoms with E-state index >= 15 is 0 Å². The van der Waals surface area contributed by atoms with Crippen LogP contribution in [0.15, 0.2) is 41.4 Å². The summed E-state index contributed by atoms with van der Waals surface area (Å²) in [7, 11) is -1.83. The van der Waals surface area contributed by atoms with Crippen molar-refractivity contribution < 1.29 is 13.2 Å². The van der Waals surface area contributed by atoms with Crippen molar-refractivity contribution in [3.05, 3.63) is 53.3 Å². The number of anilines is 2. The molecule has 198 valence electrons. The van der Waals surface area contributed by atoms with Crippen molar-refractivity contribution >= 4 is 21.5 Å². The topological polar surface area (TPSA) is 102 Å². The first-order valence-electron chi connectivity index (χ1n) is 12.9. The number of sulfonamides is 1. The van der Waals surface area contributed by atoms with Crippen LogP contribution in [0, 0.1) is 0 Å². The molecule has 0 amide bonds. The third-order valence-corrected chi connectivity index (χ3v) is 9.14. The zero-order valence-corrected chi connectivity index (χ0v) is 23.2. The van der Waals surface area contributed by atoms with E-state index in [-0.39, 0.29) is 17.6 Å². The van der Waals surface area contributed by atoms with Crippen LogP contribution in [0.5, 0.6) is 5.88 Å². The highest BCUT2D eigenvalue weighted by atomic mass is 32.2. The molecule has 3 heterocycles. The van der Waals surface area contributed by atoms with Crippen molar-refractivity contribution in [3.8, 4) is 5.88 Å². The minimum atomic E-state index is -3.44. The third-order valence-electron chi connectivity index (χ3n) is 7.25. The van der Waals surface area contributed by atoms with Crippen LogP contribution in [-0.2, 0) is 22.1 Å². The normalized spacial score (nSPS) is 21.4. The van der Waals surface area contributed by atoms with Gasteiger partial charge in [-0.1, -0.05) is 19.9 Å². The van der Waals surface area contributed by atoms with E-state index < -0.39 is 10.0 Å². The third kappa shape index (κ3) is 4.84. The average molecular weight is 525 g/mol. The minimum absolute atomic E-state index is 0.0635. The molecule has 1 fully saturated rings. The summed E-state index contributed by atoms with van der Waals surface area (Å²) in [6.07, 6.45) is 4.54. The van der Waals surface area contributed by atoms with Crippen LogP contribution in [0.25, 0.3) is 0 Å². The van der Waals surface area contributed by atoms with Crippen LogP contribution in [0.1, 0.15) is 82.5 Å². The molecular formula is C27H36N6O3S. The van der Waals surface area contributed by atoms with Crippen LogP contribution >= 0.6 is 0 Å². The summed E-state index contributed by atoms with van der Waals surface area (Å²) >= 11 is 0. The number of nitrogens with zero attached hydrogens (tertiary/aromatic N) is 5. The van der Waals surface area contributed by atoms with Gasteiger partial charge in [0.2, 0.25) is 15.9 Å². The molecule has 0 unspecified atom stereocenters. The van der Waals surface area contributed by atoms with Gasteiger partial charge in [-0.2, -0.15) is 14.5 Å². The molecule has 2 aliphatic rings. The second-order valence-corrected chi connectivity index (χ2v) is 13.4. The molecule has 1 saturated carbocycles. The van der Waals surface area contributed by atoms with Crippen LogP contribution < -0.4 is 10.1 Å². The number of rotatable bonds is 6. The van der Waals surface area contributed by atoms with Gasteiger partial charge < -0.3 is 10.1 Å². The van der Waals surface area contributed by atoms with E-state index in [1.54, 1.807) is 25.4 Å². The number of aromatic nitrogens is 4. The Morgan fingerprint density at radius 1 is 1.16 bits per heavy atom. The Bertz CT molecular complexity index is 1410. The highest BCUT2D eigenvalue weighted by molar-refractivity contribution is 7.89. The Balaban J connectivity index is 1.39. The van der Waals surface area contributed by atoms with E-state index in [4.69, 9.17) is 9.84 Å². The summed E-state index contributed by atoms with van der Waals surface area (Å²) < 4.78 is 35.0. The van der Waals surface area contributed by atoms with Gasteiger partial charge in [-0.15, -0.1) is 5.10 Å². The van der Waals surface area contributed by atoms with E-state index in [1.165, 1.54) is 4.31 Å². The molecule has 1 aliphatic heterocycles. The van der Waals surface area contributed by atoms with Crippen LogP contribution in [0.4, 0.5) is 11.5 Å². The Kier molecular flexibility index (Phi) is 6.52. The molecule has 10 heteroatoms.